The molecule has 1 saturated heterocycles. The lowest BCUT2D eigenvalue weighted by Crippen LogP contribution is -2.54. The molecular weight excluding hydrogens is 316 g/mol. The molecule has 2 aliphatic heterocycles. The van der Waals surface area contributed by atoms with Crippen LogP contribution in [0.25, 0.3) is 10.9 Å². The maximum Gasteiger partial charge on any atom is 0.349 e. The van der Waals surface area contributed by atoms with Gasteiger partial charge in [0.2, 0.25) is 0 Å². The minimum atomic E-state index is -0.250. The highest BCUT2D eigenvalue weighted by Gasteiger charge is 2.33. The summed E-state index contributed by atoms with van der Waals surface area (Å²) in [6.45, 7) is 5.10. The fourth-order valence-corrected chi connectivity index (χ4v) is 3.71. The normalized spacial score (nSPS) is 21.0. The van der Waals surface area contributed by atoms with Crippen LogP contribution < -0.4 is 15.3 Å². The average molecular weight is 335 g/mol. The van der Waals surface area contributed by atoms with Crippen LogP contribution in [0, 0.1) is 6.92 Å². The Morgan fingerprint density at radius 3 is 2.91 bits per heavy atom. The zero-order chi connectivity index (χ0) is 16.3. The standard InChI is InChI=1S/C16H19ClN4O2/c1-9-6-11-12-14(13(9)17)23-8-10-7-19(2)4-5-21(10)15(12)18-16(22)20(11)3/h6,10H,4-5,7-8H2,1-3H3. The van der Waals surface area contributed by atoms with Crippen molar-refractivity contribution in [3.8, 4) is 5.75 Å². The summed E-state index contributed by atoms with van der Waals surface area (Å²) in [5.74, 6) is 1.35. The number of ether oxygens (including phenoxy) is 1. The summed E-state index contributed by atoms with van der Waals surface area (Å²) < 4.78 is 7.65. The van der Waals surface area contributed by atoms with Crippen molar-refractivity contribution in [1.29, 1.82) is 0 Å². The van der Waals surface area contributed by atoms with Gasteiger partial charge >= 0.3 is 5.69 Å². The Bertz CT molecular complexity index is 864. The summed E-state index contributed by atoms with van der Waals surface area (Å²) in [5, 5.41) is 1.45. The van der Waals surface area contributed by atoms with Gasteiger partial charge in [0, 0.05) is 26.7 Å². The van der Waals surface area contributed by atoms with Crippen molar-refractivity contribution in [2.45, 2.75) is 13.0 Å². The van der Waals surface area contributed by atoms with Gasteiger partial charge in [0.25, 0.3) is 0 Å². The first-order valence-corrected chi connectivity index (χ1v) is 8.13. The Morgan fingerprint density at radius 2 is 2.13 bits per heavy atom. The molecule has 7 heteroatoms. The molecule has 3 heterocycles. The third-order valence-electron chi connectivity index (χ3n) is 4.83. The fraction of sp³-hybridized carbons (Fsp3) is 0.500. The van der Waals surface area contributed by atoms with Crippen LogP contribution in [-0.4, -0.2) is 53.8 Å². The monoisotopic (exact) mass is 334 g/mol. The summed E-state index contributed by atoms with van der Waals surface area (Å²) >= 11 is 6.50. The average Bonchev–Trinajstić information content (AvgIpc) is 2.67. The molecule has 0 N–H and O–H groups in total. The number of piperazine rings is 1. The quantitative estimate of drug-likeness (QED) is 0.729. The molecule has 0 aliphatic carbocycles. The van der Waals surface area contributed by atoms with Gasteiger partial charge < -0.3 is 14.5 Å². The number of fused-ring (bicyclic) bond motifs is 2. The first-order chi connectivity index (χ1) is 11.0. The number of likely N-dealkylation sites (N-methyl/N-ethyl adjacent to an activating group) is 1. The molecule has 4 rings (SSSR count). The summed E-state index contributed by atoms with van der Waals surface area (Å²) in [7, 11) is 3.83. The maximum absolute atomic E-state index is 12.3. The molecule has 2 aromatic rings. The second-order valence-corrected chi connectivity index (χ2v) is 6.81. The molecule has 1 fully saturated rings. The van der Waals surface area contributed by atoms with Gasteiger partial charge in [0.05, 0.1) is 22.0 Å². The summed E-state index contributed by atoms with van der Waals surface area (Å²) in [5.41, 5.74) is 1.47. The molecule has 122 valence electrons. The Hall–Kier alpha value is -1.79. The Kier molecular flexibility index (Phi) is 3.28. The second kappa shape index (κ2) is 5.11. The zero-order valence-electron chi connectivity index (χ0n) is 13.5. The van der Waals surface area contributed by atoms with Gasteiger partial charge in [0.1, 0.15) is 12.4 Å². The molecule has 1 unspecified atom stereocenters. The molecule has 0 spiro atoms. The summed E-state index contributed by atoms with van der Waals surface area (Å²) in [4.78, 5) is 21.2. The predicted molar refractivity (Wildman–Crippen MR) is 90.9 cm³/mol. The minimum Gasteiger partial charge on any atom is -0.489 e. The highest BCUT2D eigenvalue weighted by molar-refractivity contribution is 6.34. The van der Waals surface area contributed by atoms with Crippen LogP contribution >= 0.6 is 11.6 Å². The lowest BCUT2D eigenvalue weighted by atomic mass is 10.1. The van der Waals surface area contributed by atoms with E-state index in [1.165, 1.54) is 0 Å². The molecule has 1 atom stereocenters. The van der Waals surface area contributed by atoms with E-state index in [0.29, 0.717) is 23.2 Å². The van der Waals surface area contributed by atoms with E-state index < -0.39 is 0 Å². The number of hydrogen-bond donors (Lipinski definition) is 0. The van der Waals surface area contributed by atoms with Crippen molar-refractivity contribution >= 4 is 28.3 Å². The van der Waals surface area contributed by atoms with Crippen LogP contribution in [0.5, 0.6) is 5.75 Å². The number of rotatable bonds is 0. The highest BCUT2D eigenvalue weighted by Crippen LogP contribution is 2.42. The van der Waals surface area contributed by atoms with Gasteiger partial charge in [-0.25, -0.2) is 4.79 Å². The molecule has 0 amide bonds. The number of nitrogens with zero attached hydrogens (tertiary/aromatic N) is 4. The summed E-state index contributed by atoms with van der Waals surface area (Å²) in [6.07, 6.45) is 0. The van der Waals surface area contributed by atoms with E-state index in [9.17, 15) is 4.79 Å². The van der Waals surface area contributed by atoms with Crippen molar-refractivity contribution in [3.05, 3.63) is 27.1 Å². The number of hydrogen-bond acceptors (Lipinski definition) is 5. The van der Waals surface area contributed by atoms with E-state index >= 15 is 0 Å². The zero-order valence-corrected chi connectivity index (χ0v) is 14.2. The van der Waals surface area contributed by atoms with Crippen LogP contribution in [0.15, 0.2) is 10.9 Å². The van der Waals surface area contributed by atoms with E-state index in [0.717, 1.165) is 36.1 Å². The van der Waals surface area contributed by atoms with E-state index in [4.69, 9.17) is 16.3 Å². The molecule has 6 nitrogen and oxygen atoms in total. The van der Waals surface area contributed by atoms with Crippen molar-refractivity contribution < 1.29 is 4.74 Å². The summed E-state index contributed by atoms with van der Waals surface area (Å²) in [6, 6.07) is 2.10. The Morgan fingerprint density at radius 1 is 1.35 bits per heavy atom. The van der Waals surface area contributed by atoms with Crippen LogP contribution in [0.4, 0.5) is 5.82 Å². The number of aryl methyl sites for hydroxylation is 2. The first kappa shape index (κ1) is 14.8. The minimum absolute atomic E-state index is 0.167. The van der Waals surface area contributed by atoms with E-state index in [1.807, 2.05) is 13.0 Å². The predicted octanol–water partition coefficient (Wildman–Crippen LogP) is 1.41. The molecule has 0 radical (unpaired) electrons. The van der Waals surface area contributed by atoms with Crippen molar-refractivity contribution in [2.75, 3.05) is 38.2 Å². The van der Waals surface area contributed by atoms with E-state index in [2.05, 4.69) is 21.8 Å². The first-order valence-electron chi connectivity index (χ1n) is 7.75. The number of halogens is 1. The Labute approximate surface area is 139 Å². The number of benzene rings is 1. The number of aromatic nitrogens is 2. The topological polar surface area (TPSA) is 50.6 Å². The lowest BCUT2D eigenvalue weighted by molar-refractivity contribution is 0.208. The molecule has 23 heavy (non-hydrogen) atoms. The highest BCUT2D eigenvalue weighted by atomic mass is 35.5. The van der Waals surface area contributed by atoms with Crippen molar-refractivity contribution in [2.24, 2.45) is 7.05 Å². The second-order valence-electron chi connectivity index (χ2n) is 6.43. The molecule has 1 aromatic heterocycles. The van der Waals surface area contributed by atoms with Crippen molar-refractivity contribution in [3.63, 3.8) is 0 Å². The van der Waals surface area contributed by atoms with Crippen molar-refractivity contribution in [1.82, 2.24) is 14.5 Å². The number of anilines is 1. The molecule has 2 aliphatic rings. The van der Waals surface area contributed by atoms with Crippen LogP contribution in [0.3, 0.4) is 0 Å². The van der Waals surface area contributed by atoms with Gasteiger partial charge in [0.15, 0.2) is 5.75 Å². The fourth-order valence-electron chi connectivity index (χ4n) is 3.51. The lowest BCUT2D eigenvalue weighted by Gasteiger charge is -2.39. The van der Waals surface area contributed by atoms with Crippen LogP contribution in [0.2, 0.25) is 5.02 Å². The maximum atomic E-state index is 12.3. The SMILES string of the molecule is Cc1cc2c3c(nc(=O)n2C)N2CCN(C)CC2COc3c1Cl. The van der Waals surface area contributed by atoms with Gasteiger partial charge in [-0.2, -0.15) is 4.98 Å². The van der Waals surface area contributed by atoms with Gasteiger partial charge in [-0.15, -0.1) is 0 Å². The van der Waals surface area contributed by atoms with Gasteiger partial charge in [-0.3, -0.25) is 4.57 Å². The Balaban J connectivity index is 2.06. The third-order valence-corrected chi connectivity index (χ3v) is 5.30. The molecule has 1 aromatic carbocycles. The molecule has 0 saturated carbocycles. The van der Waals surface area contributed by atoms with Crippen LogP contribution in [0.1, 0.15) is 5.56 Å². The van der Waals surface area contributed by atoms with E-state index in [1.54, 1.807) is 11.6 Å². The van der Waals surface area contributed by atoms with Crippen LogP contribution in [-0.2, 0) is 7.05 Å². The molecule has 0 bridgehead atoms. The largest absolute Gasteiger partial charge is 0.489 e. The van der Waals surface area contributed by atoms with Gasteiger partial charge in [-0.1, -0.05) is 11.6 Å². The van der Waals surface area contributed by atoms with E-state index in [-0.39, 0.29) is 11.7 Å². The molecular formula is C16H19ClN4O2. The third kappa shape index (κ3) is 2.12. The smallest absolute Gasteiger partial charge is 0.349 e. The van der Waals surface area contributed by atoms with Gasteiger partial charge in [-0.05, 0) is 25.6 Å².